The van der Waals surface area contributed by atoms with Crippen molar-refractivity contribution in [3.63, 3.8) is 0 Å². The largest absolute Gasteiger partial charge is 0.330 e. The van der Waals surface area contributed by atoms with Crippen LogP contribution in [0.4, 0.5) is 10.1 Å². The van der Waals surface area contributed by atoms with Crippen LogP contribution in [0.3, 0.4) is 0 Å². The van der Waals surface area contributed by atoms with Crippen LogP contribution >= 0.6 is 0 Å². The second-order valence-corrected chi connectivity index (χ2v) is 3.63. The first-order valence-corrected chi connectivity index (χ1v) is 4.79. The second kappa shape index (κ2) is 3.40. The van der Waals surface area contributed by atoms with E-state index in [2.05, 4.69) is 0 Å². The Kier molecular flexibility index (Phi) is 2.23. The highest BCUT2D eigenvalue weighted by atomic mass is 19.1. The third-order valence-corrected chi connectivity index (χ3v) is 2.58. The van der Waals surface area contributed by atoms with Crippen LogP contribution < -0.4 is 4.90 Å². The number of benzene rings is 1. The van der Waals surface area contributed by atoms with Gasteiger partial charge in [-0.05, 0) is 31.0 Å². The number of aryl methyl sites for hydroxylation is 1. The molecule has 2 nitrogen and oxygen atoms in total. The monoisotopic (exact) mass is 192 g/mol. The number of amidine groups is 1. The van der Waals surface area contributed by atoms with Crippen molar-refractivity contribution < 1.29 is 4.39 Å². The molecule has 0 spiro atoms. The molecule has 1 heterocycles. The summed E-state index contributed by atoms with van der Waals surface area (Å²) in [5.41, 5.74) is 1.87. The van der Waals surface area contributed by atoms with Gasteiger partial charge in [0.05, 0.1) is 0 Å². The van der Waals surface area contributed by atoms with E-state index in [1.165, 1.54) is 12.1 Å². The van der Waals surface area contributed by atoms with Crippen molar-refractivity contribution in [1.29, 1.82) is 5.41 Å². The van der Waals surface area contributed by atoms with Crippen LogP contribution in [0.5, 0.6) is 0 Å². The molecule has 1 aromatic rings. The molecule has 1 N–H and O–H groups in total. The lowest BCUT2D eigenvalue weighted by Crippen LogP contribution is -2.24. The molecule has 0 amide bonds. The average Bonchev–Trinajstić information content (AvgIpc) is 2.56. The molecule has 1 aliphatic heterocycles. The third kappa shape index (κ3) is 1.50. The Balaban J connectivity index is 2.39. The average molecular weight is 192 g/mol. The lowest BCUT2D eigenvalue weighted by Gasteiger charge is -2.20. The topological polar surface area (TPSA) is 27.1 Å². The summed E-state index contributed by atoms with van der Waals surface area (Å²) in [5.74, 6) is 0.365. The van der Waals surface area contributed by atoms with Crippen LogP contribution in [0.15, 0.2) is 18.2 Å². The van der Waals surface area contributed by atoms with E-state index in [1.807, 2.05) is 11.8 Å². The van der Waals surface area contributed by atoms with Crippen LogP contribution in [-0.2, 0) is 0 Å². The Morgan fingerprint density at radius 3 is 2.86 bits per heavy atom. The molecule has 1 aliphatic rings. The van der Waals surface area contributed by atoms with Gasteiger partial charge in [-0.3, -0.25) is 5.41 Å². The first-order chi connectivity index (χ1) is 6.68. The fourth-order valence-electron chi connectivity index (χ4n) is 1.81. The zero-order valence-corrected chi connectivity index (χ0v) is 8.18. The molecule has 0 unspecified atom stereocenters. The molecule has 0 aromatic heterocycles. The summed E-state index contributed by atoms with van der Waals surface area (Å²) in [7, 11) is 0. The van der Waals surface area contributed by atoms with E-state index >= 15 is 0 Å². The van der Waals surface area contributed by atoms with Crippen molar-refractivity contribution in [2.75, 3.05) is 11.4 Å². The number of anilines is 1. The van der Waals surface area contributed by atoms with Gasteiger partial charge in [-0.1, -0.05) is 6.07 Å². The first-order valence-electron chi connectivity index (χ1n) is 4.79. The number of nitrogens with one attached hydrogen (secondary N) is 1. The Labute approximate surface area is 82.9 Å². The zero-order valence-electron chi connectivity index (χ0n) is 8.18. The molecule has 1 aromatic carbocycles. The van der Waals surface area contributed by atoms with Crippen LogP contribution in [0.1, 0.15) is 18.4 Å². The fourth-order valence-corrected chi connectivity index (χ4v) is 1.81. The molecular formula is C11H13FN2. The number of halogens is 1. The highest BCUT2D eigenvalue weighted by molar-refractivity contribution is 5.98. The fraction of sp³-hybridized carbons (Fsp3) is 0.364. The first kappa shape index (κ1) is 9.19. The van der Waals surface area contributed by atoms with Gasteiger partial charge in [0.1, 0.15) is 11.7 Å². The molecule has 0 bridgehead atoms. The van der Waals surface area contributed by atoms with Gasteiger partial charge >= 0.3 is 0 Å². The summed E-state index contributed by atoms with van der Waals surface area (Å²) in [6, 6.07) is 4.73. The zero-order chi connectivity index (χ0) is 10.1. The van der Waals surface area contributed by atoms with Crippen molar-refractivity contribution in [1.82, 2.24) is 0 Å². The number of hydrogen-bond acceptors (Lipinski definition) is 1. The van der Waals surface area contributed by atoms with Gasteiger partial charge in [0.15, 0.2) is 0 Å². The van der Waals surface area contributed by atoms with Crippen molar-refractivity contribution in [3.8, 4) is 0 Å². The maximum Gasteiger partial charge on any atom is 0.125 e. The Hall–Kier alpha value is -1.38. The molecule has 0 radical (unpaired) electrons. The van der Waals surface area contributed by atoms with E-state index in [0.717, 1.165) is 30.6 Å². The van der Waals surface area contributed by atoms with Crippen molar-refractivity contribution in [2.45, 2.75) is 19.8 Å². The second-order valence-electron chi connectivity index (χ2n) is 3.63. The van der Waals surface area contributed by atoms with Crippen molar-refractivity contribution in [2.24, 2.45) is 0 Å². The summed E-state index contributed by atoms with van der Waals surface area (Å²) in [6.07, 6.45) is 1.80. The van der Waals surface area contributed by atoms with E-state index in [0.29, 0.717) is 5.84 Å². The molecular weight excluding hydrogens is 179 g/mol. The van der Waals surface area contributed by atoms with Crippen LogP contribution in [0.2, 0.25) is 0 Å². The normalized spacial score (nSPS) is 16.4. The summed E-state index contributed by atoms with van der Waals surface area (Å²) < 4.78 is 13.0. The van der Waals surface area contributed by atoms with E-state index in [4.69, 9.17) is 5.41 Å². The summed E-state index contributed by atoms with van der Waals surface area (Å²) >= 11 is 0. The van der Waals surface area contributed by atoms with E-state index in [1.54, 1.807) is 6.07 Å². The molecule has 0 atom stereocenters. The molecule has 3 heteroatoms. The molecule has 0 saturated carbocycles. The number of rotatable bonds is 1. The Bertz CT molecular complexity index is 374. The van der Waals surface area contributed by atoms with Crippen LogP contribution in [0, 0.1) is 18.2 Å². The van der Waals surface area contributed by atoms with Gasteiger partial charge in [-0.2, -0.15) is 0 Å². The maximum atomic E-state index is 13.0. The number of nitrogens with zero attached hydrogens (tertiary/aromatic N) is 1. The maximum absolute atomic E-state index is 13.0. The lowest BCUT2D eigenvalue weighted by atomic mass is 10.2. The lowest BCUT2D eigenvalue weighted by molar-refractivity contribution is 0.627. The van der Waals surface area contributed by atoms with Gasteiger partial charge in [0.2, 0.25) is 0 Å². The third-order valence-electron chi connectivity index (χ3n) is 2.58. The predicted molar refractivity (Wildman–Crippen MR) is 55.4 cm³/mol. The van der Waals surface area contributed by atoms with Gasteiger partial charge < -0.3 is 4.90 Å². The van der Waals surface area contributed by atoms with Crippen molar-refractivity contribution >= 4 is 11.5 Å². The molecule has 1 fully saturated rings. The predicted octanol–water partition coefficient (Wildman–Crippen LogP) is 2.71. The van der Waals surface area contributed by atoms with Crippen LogP contribution in [-0.4, -0.2) is 12.4 Å². The Morgan fingerprint density at radius 1 is 1.43 bits per heavy atom. The van der Waals surface area contributed by atoms with Gasteiger partial charge in [0, 0.05) is 18.7 Å². The molecule has 14 heavy (non-hydrogen) atoms. The van der Waals surface area contributed by atoms with Gasteiger partial charge in [-0.25, -0.2) is 4.39 Å². The molecule has 0 aliphatic carbocycles. The minimum Gasteiger partial charge on any atom is -0.330 e. The SMILES string of the molecule is Cc1ccc(F)cc1N1CCCC1=N. The molecule has 1 saturated heterocycles. The minimum absolute atomic E-state index is 0.231. The minimum atomic E-state index is -0.231. The summed E-state index contributed by atoms with van der Waals surface area (Å²) in [6.45, 7) is 2.78. The highest BCUT2D eigenvalue weighted by Gasteiger charge is 2.19. The standard InChI is InChI=1S/C11H13FN2/c1-8-4-5-9(12)7-10(8)14-6-2-3-11(14)13/h4-5,7,13H,2-3,6H2,1H3. The molecule has 74 valence electrons. The van der Waals surface area contributed by atoms with Crippen LogP contribution in [0.25, 0.3) is 0 Å². The molecule has 2 rings (SSSR count). The quantitative estimate of drug-likeness (QED) is 0.727. The van der Waals surface area contributed by atoms with Gasteiger partial charge in [0.25, 0.3) is 0 Å². The highest BCUT2D eigenvalue weighted by Crippen LogP contribution is 2.25. The smallest absolute Gasteiger partial charge is 0.125 e. The van der Waals surface area contributed by atoms with Gasteiger partial charge in [-0.15, -0.1) is 0 Å². The Morgan fingerprint density at radius 2 is 2.21 bits per heavy atom. The van der Waals surface area contributed by atoms with E-state index in [-0.39, 0.29) is 5.82 Å². The summed E-state index contributed by atoms with van der Waals surface area (Å²) in [4.78, 5) is 1.89. The van der Waals surface area contributed by atoms with E-state index in [9.17, 15) is 4.39 Å². The van der Waals surface area contributed by atoms with E-state index < -0.39 is 0 Å². The van der Waals surface area contributed by atoms with Crippen molar-refractivity contribution in [3.05, 3.63) is 29.6 Å². The number of hydrogen-bond donors (Lipinski definition) is 1. The summed E-state index contributed by atoms with van der Waals surface area (Å²) in [5, 5.41) is 7.71.